The average molecular weight is 473 g/mol. The molecule has 6 nitrogen and oxygen atoms in total. The largest absolute Gasteiger partial charge is 0.447 e. The Bertz CT molecular complexity index is 1080. The molecule has 1 aliphatic heterocycles. The molecule has 0 radical (unpaired) electrons. The first kappa shape index (κ1) is 24.0. The van der Waals surface area contributed by atoms with Gasteiger partial charge in [0.2, 0.25) is 5.89 Å². The Labute approximate surface area is 195 Å². The number of amides is 1. The average Bonchev–Trinajstić information content (AvgIpc) is 3.50. The van der Waals surface area contributed by atoms with Crippen LogP contribution in [0.3, 0.4) is 0 Å². The first-order chi connectivity index (χ1) is 16.4. The summed E-state index contributed by atoms with van der Waals surface area (Å²) in [5.41, 5.74) is 0.554. The highest BCUT2D eigenvalue weighted by atomic mass is 19.4. The van der Waals surface area contributed by atoms with Gasteiger partial charge < -0.3 is 14.5 Å². The van der Waals surface area contributed by atoms with Crippen LogP contribution >= 0.6 is 0 Å². The number of hydrogen-bond acceptors (Lipinski definition) is 5. The van der Waals surface area contributed by atoms with Crippen LogP contribution in [0.15, 0.2) is 65.3 Å². The number of benzene rings is 2. The normalized spacial score (nSPS) is 16.2. The summed E-state index contributed by atoms with van der Waals surface area (Å²) in [7, 11) is 0. The van der Waals surface area contributed by atoms with E-state index in [0.29, 0.717) is 19.7 Å². The van der Waals surface area contributed by atoms with Crippen LogP contribution in [0, 0.1) is 0 Å². The topological polar surface area (TPSA) is 67.6 Å². The fraction of sp³-hybridized carbons (Fsp3) is 0.360. The molecule has 0 aliphatic carbocycles. The molecule has 34 heavy (non-hydrogen) atoms. The smallest absolute Gasteiger partial charge is 0.416 e. The Hall–Kier alpha value is -3.17. The van der Waals surface area contributed by atoms with E-state index in [4.69, 9.17) is 9.15 Å². The molecule has 1 unspecified atom stereocenters. The molecule has 1 atom stereocenters. The molecule has 1 saturated heterocycles. The van der Waals surface area contributed by atoms with Gasteiger partial charge in [0.05, 0.1) is 18.2 Å². The van der Waals surface area contributed by atoms with Gasteiger partial charge in [0.1, 0.15) is 6.26 Å². The van der Waals surface area contributed by atoms with Gasteiger partial charge in [-0.3, -0.25) is 9.69 Å². The maximum Gasteiger partial charge on any atom is 0.416 e. The van der Waals surface area contributed by atoms with E-state index in [1.165, 1.54) is 18.4 Å². The highest BCUT2D eigenvalue weighted by molar-refractivity contribution is 5.91. The van der Waals surface area contributed by atoms with Crippen molar-refractivity contribution in [2.24, 2.45) is 0 Å². The summed E-state index contributed by atoms with van der Waals surface area (Å²) >= 11 is 0. The van der Waals surface area contributed by atoms with Crippen LogP contribution in [0.2, 0.25) is 0 Å². The van der Waals surface area contributed by atoms with Crippen LogP contribution in [-0.2, 0) is 30.5 Å². The highest BCUT2D eigenvalue weighted by Gasteiger charge is 2.33. The first-order valence-electron chi connectivity index (χ1n) is 11.1. The van der Waals surface area contributed by atoms with Gasteiger partial charge in [-0.1, -0.05) is 48.5 Å². The number of nitrogens with zero attached hydrogens (tertiary/aromatic N) is 2. The molecule has 0 bridgehead atoms. The minimum Gasteiger partial charge on any atom is -0.447 e. The van der Waals surface area contributed by atoms with Crippen molar-refractivity contribution in [3.63, 3.8) is 0 Å². The molecule has 2 heterocycles. The maximum absolute atomic E-state index is 13.5. The molecule has 1 N–H and O–H groups in total. The second kappa shape index (κ2) is 10.8. The number of halogens is 3. The van der Waals surface area contributed by atoms with Gasteiger partial charge in [0.25, 0.3) is 5.91 Å². The van der Waals surface area contributed by atoms with Crippen molar-refractivity contribution in [1.82, 2.24) is 15.2 Å². The second-order valence-electron chi connectivity index (χ2n) is 8.26. The first-order valence-corrected chi connectivity index (χ1v) is 11.1. The van der Waals surface area contributed by atoms with Gasteiger partial charge in [-0.25, -0.2) is 4.98 Å². The molecular weight excluding hydrogens is 447 g/mol. The summed E-state index contributed by atoms with van der Waals surface area (Å²) in [5.74, 6) is -0.120. The predicted octanol–water partition coefficient (Wildman–Crippen LogP) is 4.80. The van der Waals surface area contributed by atoms with Crippen molar-refractivity contribution in [3.8, 4) is 0 Å². The SMILES string of the molecule is O=C(NCC1CCCO1)c1coc(CN(Cc2ccccc2)Cc2ccccc2C(F)(F)F)n1. The Kier molecular flexibility index (Phi) is 7.64. The van der Waals surface area contributed by atoms with E-state index in [1.54, 1.807) is 11.0 Å². The zero-order valence-electron chi connectivity index (χ0n) is 18.6. The molecule has 0 saturated carbocycles. The van der Waals surface area contributed by atoms with E-state index in [2.05, 4.69) is 10.3 Å². The monoisotopic (exact) mass is 473 g/mol. The minimum atomic E-state index is -4.45. The van der Waals surface area contributed by atoms with Crippen molar-refractivity contribution < 1.29 is 27.1 Å². The van der Waals surface area contributed by atoms with E-state index in [9.17, 15) is 18.0 Å². The van der Waals surface area contributed by atoms with Crippen LogP contribution < -0.4 is 5.32 Å². The zero-order valence-corrected chi connectivity index (χ0v) is 18.6. The molecular formula is C25H26F3N3O3. The molecule has 9 heteroatoms. The van der Waals surface area contributed by atoms with Crippen LogP contribution in [0.5, 0.6) is 0 Å². The molecule has 180 valence electrons. The number of alkyl halides is 3. The zero-order chi connectivity index (χ0) is 24.0. The van der Waals surface area contributed by atoms with E-state index in [1.807, 2.05) is 30.3 Å². The highest BCUT2D eigenvalue weighted by Crippen LogP contribution is 2.32. The number of hydrogen-bond donors (Lipinski definition) is 1. The number of ether oxygens (including phenoxy) is 1. The Balaban J connectivity index is 1.47. The number of aromatic nitrogens is 1. The van der Waals surface area contributed by atoms with Gasteiger partial charge in [0, 0.05) is 26.2 Å². The summed E-state index contributed by atoms with van der Waals surface area (Å²) in [6, 6.07) is 15.0. The van der Waals surface area contributed by atoms with Crippen LogP contribution in [-0.4, -0.2) is 35.0 Å². The third-order valence-electron chi connectivity index (χ3n) is 5.62. The number of carbonyl (C=O) groups excluding carboxylic acids is 1. The van der Waals surface area contributed by atoms with Gasteiger partial charge in [-0.15, -0.1) is 0 Å². The van der Waals surface area contributed by atoms with E-state index in [0.717, 1.165) is 24.5 Å². The molecule has 2 aromatic carbocycles. The van der Waals surface area contributed by atoms with E-state index >= 15 is 0 Å². The lowest BCUT2D eigenvalue weighted by molar-refractivity contribution is -0.138. The summed E-state index contributed by atoms with van der Waals surface area (Å²) < 4.78 is 51.6. The van der Waals surface area contributed by atoms with Crippen molar-refractivity contribution in [1.29, 1.82) is 0 Å². The lowest BCUT2D eigenvalue weighted by atomic mass is 10.1. The van der Waals surface area contributed by atoms with Crippen LogP contribution in [0.1, 0.15) is 45.9 Å². The predicted molar refractivity (Wildman–Crippen MR) is 119 cm³/mol. The van der Waals surface area contributed by atoms with E-state index < -0.39 is 11.7 Å². The minimum absolute atomic E-state index is 0.00499. The van der Waals surface area contributed by atoms with Gasteiger partial charge >= 0.3 is 6.18 Å². The fourth-order valence-electron chi connectivity index (χ4n) is 3.97. The second-order valence-corrected chi connectivity index (χ2v) is 8.26. The summed E-state index contributed by atoms with van der Waals surface area (Å²) in [4.78, 5) is 18.5. The van der Waals surface area contributed by atoms with E-state index in [-0.39, 0.29) is 42.2 Å². The van der Waals surface area contributed by atoms with Gasteiger partial charge in [-0.2, -0.15) is 13.2 Å². The third kappa shape index (κ3) is 6.45. The Morgan fingerprint density at radius 3 is 2.56 bits per heavy atom. The molecule has 1 aliphatic rings. The standard InChI is InChI=1S/C25H26F3N3O3/c26-25(27,28)21-11-5-4-9-19(21)15-31(14-18-7-2-1-3-8-18)16-23-30-22(17-34-23)24(32)29-13-20-10-6-12-33-20/h1-5,7-9,11,17,20H,6,10,12-16H2,(H,29,32). The van der Waals surface area contributed by atoms with Gasteiger partial charge in [-0.05, 0) is 30.0 Å². The summed E-state index contributed by atoms with van der Waals surface area (Å²) in [6.45, 7) is 1.66. The number of oxazole rings is 1. The van der Waals surface area contributed by atoms with Gasteiger partial charge in [0.15, 0.2) is 5.69 Å². The number of rotatable bonds is 9. The maximum atomic E-state index is 13.5. The molecule has 3 aromatic rings. The molecule has 4 rings (SSSR count). The van der Waals surface area contributed by atoms with Crippen molar-refractivity contribution in [2.45, 2.75) is 44.8 Å². The number of nitrogens with one attached hydrogen (secondary N) is 1. The summed E-state index contributed by atoms with van der Waals surface area (Å²) in [6.07, 6.45) is -1.30. The van der Waals surface area contributed by atoms with Crippen molar-refractivity contribution in [2.75, 3.05) is 13.2 Å². The molecule has 1 fully saturated rings. The Morgan fingerprint density at radius 2 is 1.82 bits per heavy atom. The fourth-order valence-corrected chi connectivity index (χ4v) is 3.97. The van der Waals surface area contributed by atoms with Crippen LogP contribution in [0.25, 0.3) is 0 Å². The molecule has 0 spiro atoms. The molecule has 1 amide bonds. The number of carbonyl (C=O) groups is 1. The van der Waals surface area contributed by atoms with Crippen molar-refractivity contribution >= 4 is 5.91 Å². The quantitative estimate of drug-likeness (QED) is 0.483. The third-order valence-corrected chi connectivity index (χ3v) is 5.62. The lowest BCUT2D eigenvalue weighted by Crippen LogP contribution is -2.32. The Morgan fingerprint density at radius 1 is 1.06 bits per heavy atom. The summed E-state index contributed by atoms with van der Waals surface area (Å²) in [5, 5.41) is 2.79. The van der Waals surface area contributed by atoms with Crippen molar-refractivity contribution in [3.05, 3.63) is 89.1 Å². The lowest BCUT2D eigenvalue weighted by Gasteiger charge is -2.23. The van der Waals surface area contributed by atoms with Crippen LogP contribution in [0.4, 0.5) is 13.2 Å². The molecule has 1 aromatic heterocycles.